The van der Waals surface area contributed by atoms with Crippen LogP contribution in [0.15, 0.2) is 42.6 Å². The molecular weight excluding hydrogens is 460 g/mol. The molecule has 1 aromatic heterocycles. The molecule has 1 aromatic carbocycles. The zero-order valence-corrected chi connectivity index (χ0v) is 19.7. The average Bonchev–Trinajstić information content (AvgIpc) is 2.90. The van der Waals surface area contributed by atoms with Gasteiger partial charge in [0.05, 0.1) is 20.3 Å². The summed E-state index contributed by atoms with van der Waals surface area (Å²) in [7, 11) is 1.38. The van der Waals surface area contributed by atoms with Crippen molar-refractivity contribution in [1.29, 1.82) is 0 Å². The van der Waals surface area contributed by atoms with Crippen LogP contribution in [0.2, 0.25) is 0 Å². The Morgan fingerprint density at radius 1 is 1.20 bits per heavy atom. The van der Waals surface area contributed by atoms with Gasteiger partial charge in [0, 0.05) is 25.6 Å². The lowest BCUT2D eigenvalue weighted by Crippen LogP contribution is -2.46. The molecule has 1 saturated heterocycles. The third-order valence-electron chi connectivity index (χ3n) is 5.05. The number of ether oxygens (including phenoxy) is 6. The molecule has 0 aliphatic carbocycles. The molecule has 1 amide bonds. The predicted molar refractivity (Wildman–Crippen MR) is 121 cm³/mol. The minimum atomic E-state index is -1.10. The van der Waals surface area contributed by atoms with E-state index in [0.717, 1.165) is 0 Å². The molecule has 2 heterocycles. The number of pyridine rings is 1. The highest BCUT2D eigenvalue weighted by molar-refractivity contribution is 5.98. The number of para-hydroxylation sites is 1. The van der Waals surface area contributed by atoms with Crippen molar-refractivity contribution in [3.05, 3.63) is 48.3 Å². The van der Waals surface area contributed by atoms with Crippen LogP contribution in [-0.4, -0.2) is 68.2 Å². The maximum atomic E-state index is 13.0. The van der Waals surface area contributed by atoms with Crippen LogP contribution in [0.1, 0.15) is 30.8 Å². The van der Waals surface area contributed by atoms with E-state index in [1.165, 1.54) is 26.3 Å². The van der Waals surface area contributed by atoms with E-state index in [-0.39, 0.29) is 23.8 Å². The van der Waals surface area contributed by atoms with Crippen LogP contribution in [0.5, 0.6) is 17.2 Å². The highest BCUT2D eigenvalue weighted by atomic mass is 16.7. The third kappa shape index (κ3) is 7.31. The molecule has 1 fully saturated rings. The maximum Gasteiger partial charge on any atom is 0.331 e. The van der Waals surface area contributed by atoms with Crippen molar-refractivity contribution in [2.24, 2.45) is 0 Å². The Labute approximate surface area is 202 Å². The number of esters is 2. The molecule has 3 atom stereocenters. The second-order valence-corrected chi connectivity index (χ2v) is 7.59. The number of nitrogens with one attached hydrogen (secondary N) is 1. The summed E-state index contributed by atoms with van der Waals surface area (Å²) in [5, 5.41) is 2.57. The summed E-state index contributed by atoms with van der Waals surface area (Å²) in [6.07, 6.45) is 0.798. The summed E-state index contributed by atoms with van der Waals surface area (Å²) >= 11 is 0. The van der Waals surface area contributed by atoms with Crippen LogP contribution >= 0.6 is 0 Å². The van der Waals surface area contributed by atoms with Gasteiger partial charge in [-0.3, -0.25) is 9.59 Å². The van der Waals surface area contributed by atoms with Crippen molar-refractivity contribution in [3.63, 3.8) is 0 Å². The van der Waals surface area contributed by atoms with Gasteiger partial charge in [-0.1, -0.05) is 18.2 Å². The van der Waals surface area contributed by atoms with E-state index in [0.29, 0.717) is 18.8 Å². The molecule has 2 aromatic rings. The Kier molecular flexibility index (Phi) is 9.24. The smallest absolute Gasteiger partial charge is 0.331 e. The quantitative estimate of drug-likeness (QED) is 0.434. The lowest BCUT2D eigenvalue weighted by Gasteiger charge is -2.25. The molecule has 0 radical (unpaired) electrons. The summed E-state index contributed by atoms with van der Waals surface area (Å²) in [4.78, 5) is 40.9. The van der Waals surface area contributed by atoms with E-state index in [1.807, 2.05) is 30.3 Å². The van der Waals surface area contributed by atoms with Crippen molar-refractivity contribution in [1.82, 2.24) is 10.3 Å². The predicted octanol–water partition coefficient (Wildman–Crippen LogP) is 1.89. The van der Waals surface area contributed by atoms with Crippen LogP contribution in [0.25, 0.3) is 0 Å². The molecule has 11 nitrogen and oxygen atoms in total. The molecular formula is C24H28N2O9. The van der Waals surface area contributed by atoms with Gasteiger partial charge >= 0.3 is 11.9 Å². The summed E-state index contributed by atoms with van der Waals surface area (Å²) in [6.45, 7) is 2.67. The third-order valence-corrected chi connectivity index (χ3v) is 5.05. The Hall–Kier alpha value is -3.86. The number of hydrogen-bond donors (Lipinski definition) is 1. The van der Waals surface area contributed by atoms with Gasteiger partial charge in [-0.15, -0.1) is 0 Å². The molecule has 0 bridgehead atoms. The number of hydrogen-bond acceptors (Lipinski definition) is 10. The van der Waals surface area contributed by atoms with E-state index in [4.69, 9.17) is 28.4 Å². The number of carbonyl (C=O) groups excluding carboxylic acids is 3. The Morgan fingerprint density at radius 3 is 2.69 bits per heavy atom. The van der Waals surface area contributed by atoms with Gasteiger partial charge in [-0.05, 0) is 19.1 Å². The molecule has 11 heteroatoms. The van der Waals surface area contributed by atoms with Crippen LogP contribution in [0.3, 0.4) is 0 Å². The summed E-state index contributed by atoms with van der Waals surface area (Å²) in [5.74, 6) is -1.17. The fraction of sp³-hybridized carbons (Fsp3) is 0.417. The van der Waals surface area contributed by atoms with Gasteiger partial charge in [-0.25, -0.2) is 9.78 Å². The van der Waals surface area contributed by atoms with Gasteiger partial charge in [0.2, 0.25) is 6.79 Å². The minimum absolute atomic E-state index is 0.0456. The first kappa shape index (κ1) is 25.8. The summed E-state index contributed by atoms with van der Waals surface area (Å²) in [6, 6.07) is 9.57. The van der Waals surface area contributed by atoms with Crippen molar-refractivity contribution < 1.29 is 42.8 Å². The van der Waals surface area contributed by atoms with Gasteiger partial charge in [0.25, 0.3) is 5.91 Å². The molecule has 0 unspecified atom stereocenters. The normalized spacial score (nSPS) is 20.3. The van der Waals surface area contributed by atoms with Crippen molar-refractivity contribution in [2.45, 2.75) is 38.5 Å². The largest absolute Gasteiger partial charge is 0.493 e. The van der Waals surface area contributed by atoms with Crippen molar-refractivity contribution in [3.8, 4) is 17.2 Å². The number of carbonyl (C=O) groups is 3. The first-order valence-corrected chi connectivity index (χ1v) is 11.0. The van der Waals surface area contributed by atoms with Gasteiger partial charge in [0.15, 0.2) is 23.2 Å². The first-order valence-electron chi connectivity index (χ1n) is 11.0. The monoisotopic (exact) mass is 488 g/mol. The first-order chi connectivity index (χ1) is 16.9. The Balaban J connectivity index is 1.70. The second kappa shape index (κ2) is 12.6. The number of nitrogens with zero attached hydrogens (tertiary/aromatic N) is 1. The molecule has 1 aliphatic rings. The van der Waals surface area contributed by atoms with Crippen molar-refractivity contribution in [2.75, 3.05) is 27.1 Å². The zero-order chi connectivity index (χ0) is 25.2. The Morgan fingerprint density at radius 2 is 1.97 bits per heavy atom. The molecule has 1 aliphatic heterocycles. The maximum absolute atomic E-state index is 13.0. The highest BCUT2D eigenvalue weighted by Gasteiger charge is 2.32. The van der Waals surface area contributed by atoms with E-state index in [1.54, 1.807) is 6.92 Å². The lowest BCUT2D eigenvalue weighted by molar-refractivity contribution is -0.155. The van der Waals surface area contributed by atoms with Gasteiger partial charge < -0.3 is 33.7 Å². The van der Waals surface area contributed by atoms with Gasteiger partial charge in [-0.2, -0.15) is 0 Å². The van der Waals surface area contributed by atoms with Gasteiger partial charge in [0.1, 0.15) is 18.0 Å². The molecule has 3 rings (SSSR count). The molecule has 35 heavy (non-hydrogen) atoms. The van der Waals surface area contributed by atoms with Crippen molar-refractivity contribution >= 4 is 17.8 Å². The van der Waals surface area contributed by atoms with Crippen LogP contribution < -0.4 is 19.5 Å². The number of aromatic nitrogens is 1. The number of rotatable bonds is 8. The number of cyclic esters (lactones) is 1. The molecule has 1 N–H and O–H groups in total. The van der Waals surface area contributed by atoms with Crippen LogP contribution in [-0.2, 0) is 23.8 Å². The Bertz CT molecular complexity index is 1020. The number of methoxy groups -OCH3 is 1. The summed E-state index contributed by atoms with van der Waals surface area (Å²) < 4.78 is 32.6. The average molecular weight is 488 g/mol. The standard InChI is InChI=1S/C24H28N2O9/c1-15-19(35-17-7-5-4-6-8-17)10-12-31-13-18(24(29)34-15)26-23(28)21-22(33-14-32-16(2)27)20(30-3)9-11-25-21/h4-9,11,15,18-19H,10,12-14H2,1-3H3,(H,26,28)/t15-,18-,19+/m0/s1. The fourth-order valence-electron chi connectivity index (χ4n) is 3.26. The molecule has 0 spiro atoms. The van der Waals surface area contributed by atoms with E-state index >= 15 is 0 Å². The highest BCUT2D eigenvalue weighted by Crippen LogP contribution is 2.29. The van der Waals surface area contributed by atoms with Crippen LogP contribution in [0.4, 0.5) is 0 Å². The van der Waals surface area contributed by atoms with Crippen LogP contribution in [0, 0.1) is 0 Å². The molecule has 188 valence electrons. The van der Waals surface area contributed by atoms with E-state index in [2.05, 4.69) is 10.3 Å². The number of benzene rings is 1. The molecule has 0 saturated carbocycles. The van der Waals surface area contributed by atoms with E-state index < -0.39 is 42.9 Å². The lowest BCUT2D eigenvalue weighted by atomic mass is 10.1. The topological polar surface area (TPSA) is 132 Å². The second-order valence-electron chi connectivity index (χ2n) is 7.59. The fourth-order valence-corrected chi connectivity index (χ4v) is 3.26. The summed E-state index contributed by atoms with van der Waals surface area (Å²) in [5.41, 5.74) is -0.164. The minimum Gasteiger partial charge on any atom is -0.493 e. The zero-order valence-electron chi connectivity index (χ0n) is 19.7. The number of amides is 1. The van der Waals surface area contributed by atoms with E-state index in [9.17, 15) is 14.4 Å². The SMILES string of the molecule is COc1ccnc(C(=O)N[C@H]2COCC[C@@H](Oc3ccccc3)[C@H](C)OC2=O)c1OCOC(C)=O.